The van der Waals surface area contributed by atoms with Crippen LogP contribution in [0.4, 0.5) is 11.6 Å². The Bertz CT molecular complexity index is 694. The number of rotatable bonds is 2. The third-order valence-electron chi connectivity index (χ3n) is 2.48. The third kappa shape index (κ3) is 3.15. The Labute approximate surface area is 131 Å². The molecule has 0 radical (unpaired) electrons. The second kappa shape index (κ2) is 5.87. The zero-order valence-electron chi connectivity index (χ0n) is 10.5. The van der Waals surface area contributed by atoms with Crippen molar-refractivity contribution in [3.05, 3.63) is 39.3 Å². The smallest absolute Gasteiger partial charge is 0.156 e. The molecular formula is C13H11Cl3N4. The molecule has 20 heavy (non-hydrogen) atoms. The first kappa shape index (κ1) is 14.9. The van der Waals surface area contributed by atoms with Crippen molar-refractivity contribution >= 4 is 52.3 Å². The van der Waals surface area contributed by atoms with Crippen molar-refractivity contribution in [2.24, 2.45) is 10.7 Å². The summed E-state index contributed by atoms with van der Waals surface area (Å²) in [6.07, 6.45) is 0. The van der Waals surface area contributed by atoms with Crippen LogP contribution in [0, 0.1) is 0 Å². The number of halogens is 3. The van der Waals surface area contributed by atoms with Crippen LogP contribution in [0.5, 0.6) is 0 Å². The van der Waals surface area contributed by atoms with Crippen LogP contribution in [0.3, 0.4) is 0 Å². The second-order valence-electron chi connectivity index (χ2n) is 4.10. The van der Waals surface area contributed by atoms with E-state index in [1.807, 2.05) is 0 Å². The molecule has 1 heterocycles. The molecule has 1 aromatic carbocycles. The number of nitrogens with two attached hydrogens (primary N) is 2. The molecule has 4 nitrogen and oxygen atoms in total. The van der Waals surface area contributed by atoms with Crippen molar-refractivity contribution in [2.45, 2.75) is 6.92 Å². The molecule has 0 spiro atoms. The van der Waals surface area contributed by atoms with Gasteiger partial charge in [-0.3, -0.25) is 0 Å². The van der Waals surface area contributed by atoms with Crippen LogP contribution >= 0.6 is 34.8 Å². The Morgan fingerprint density at radius 1 is 1.15 bits per heavy atom. The minimum Gasteiger partial charge on any atom is -0.387 e. The lowest BCUT2D eigenvalue weighted by Gasteiger charge is -2.10. The van der Waals surface area contributed by atoms with E-state index in [1.165, 1.54) is 0 Å². The van der Waals surface area contributed by atoms with Gasteiger partial charge in [0.2, 0.25) is 0 Å². The molecule has 0 bridgehead atoms. The minimum absolute atomic E-state index is 0.271. The summed E-state index contributed by atoms with van der Waals surface area (Å²) in [7, 11) is 0. The summed E-state index contributed by atoms with van der Waals surface area (Å²) in [6.45, 7) is 1.67. The maximum atomic E-state index is 6.17. The molecule has 0 fully saturated rings. The van der Waals surface area contributed by atoms with Crippen molar-refractivity contribution in [1.29, 1.82) is 0 Å². The maximum absolute atomic E-state index is 6.17. The van der Waals surface area contributed by atoms with Crippen LogP contribution in [0.25, 0.3) is 11.1 Å². The van der Waals surface area contributed by atoms with Gasteiger partial charge in [-0.25, -0.2) is 9.98 Å². The van der Waals surface area contributed by atoms with E-state index in [0.717, 1.165) is 0 Å². The first-order valence-electron chi connectivity index (χ1n) is 5.60. The summed E-state index contributed by atoms with van der Waals surface area (Å²) in [5, 5.41) is 1.19. The Kier molecular flexibility index (Phi) is 4.38. The van der Waals surface area contributed by atoms with Crippen molar-refractivity contribution < 1.29 is 0 Å². The zero-order chi connectivity index (χ0) is 14.9. The van der Waals surface area contributed by atoms with Crippen LogP contribution in [0.2, 0.25) is 15.1 Å². The van der Waals surface area contributed by atoms with Gasteiger partial charge in [-0.15, -0.1) is 0 Å². The normalized spacial score (nSPS) is 11.7. The van der Waals surface area contributed by atoms with Gasteiger partial charge in [-0.1, -0.05) is 34.8 Å². The molecule has 0 aliphatic heterocycles. The molecule has 0 saturated heterocycles. The average Bonchev–Trinajstić information content (AvgIpc) is 2.33. The molecule has 0 unspecified atom stereocenters. The first-order valence-corrected chi connectivity index (χ1v) is 6.74. The highest BCUT2D eigenvalue weighted by Crippen LogP contribution is 2.38. The largest absolute Gasteiger partial charge is 0.387 e. The fourth-order valence-corrected chi connectivity index (χ4v) is 2.39. The molecule has 2 aromatic rings. The molecule has 0 aliphatic carbocycles. The van der Waals surface area contributed by atoms with E-state index in [1.54, 1.807) is 31.2 Å². The lowest BCUT2D eigenvalue weighted by atomic mass is 10.1. The van der Waals surface area contributed by atoms with Crippen LogP contribution in [0.15, 0.2) is 29.3 Å². The van der Waals surface area contributed by atoms with Crippen molar-refractivity contribution in [3.63, 3.8) is 0 Å². The quantitative estimate of drug-likeness (QED) is 0.490. The molecular weight excluding hydrogens is 319 g/mol. The predicted octanol–water partition coefficient (Wildman–Crippen LogP) is 4.30. The monoisotopic (exact) mass is 328 g/mol. The number of aliphatic imine (C=N–C) groups is 1. The van der Waals surface area contributed by atoms with Gasteiger partial charge in [-0.05, 0) is 31.2 Å². The molecule has 0 atom stereocenters. The summed E-state index contributed by atoms with van der Waals surface area (Å²) in [4.78, 5) is 8.19. The molecule has 104 valence electrons. The number of hydrogen-bond acceptors (Lipinski definition) is 3. The minimum atomic E-state index is 0.271. The highest BCUT2D eigenvalue weighted by molar-refractivity contribution is 6.45. The van der Waals surface area contributed by atoms with Crippen LogP contribution in [0.1, 0.15) is 6.92 Å². The Hall–Kier alpha value is -1.49. The standard InChI is InChI=1S/C13H11Cl3N4/c1-6(17)19-11-3-2-8(13(18)20-11)9-4-7(14)5-10(15)12(9)16/h2-5H,1H3,(H4,17,18,19,20). The van der Waals surface area contributed by atoms with Crippen molar-refractivity contribution in [3.8, 4) is 11.1 Å². The van der Waals surface area contributed by atoms with E-state index in [0.29, 0.717) is 37.8 Å². The van der Waals surface area contributed by atoms with Gasteiger partial charge in [0, 0.05) is 16.1 Å². The fraction of sp³-hybridized carbons (Fsp3) is 0.0769. The highest BCUT2D eigenvalue weighted by atomic mass is 35.5. The average molecular weight is 330 g/mol. The number of nitrogen functional groups attached to an aromatic ring is 1. The lowest BCUT2D eigenvalue weighted by molar-refractivity contribution is 1.27. The zero-order valence-corrected chi connectivity index (χ0v) is 12.8. The van der Waals surface area contributed by atoms with E-state index in [9.17, 15) is 0 Å². The number of aromatic nitrogens is 1. The SMILES string of the molecule is CC(N)=Nc1ccc(-c2cc(Cl)cc(Cl)c2Cl)c(N)n1. The summed E-state index contributed by atoms with van der Waals surface area (Å²) in [5.41, 5.74) is 12.7. The highest BCUT2D eigenvalue weighted by Gasteiger charge is 2.13. The number of amidine groups is 1. The Morgan fingerprint density at radius 3 is 2.45 bits per heavy atom. The van der Waals surface area contributed by atoms with E-state index >= 15 is 0 Å². The van der Waals surface area contributed by atoms with Gasteiger partial charge in [-0.2, -0.15) is 0 Å². The first-order chi connectivity index (χ1) is 9.38. The number of anilines is 1. The fourth-order valence-electron chi connectivity index (χ4n) is 1.69. The van der Waals surface area contributed by atoms with Gasteiger partial charge in [0.25, 0.3) is 0 Å². The topological polar surface area (TPSA) is 77.3 Å². The van der Waals surface area contributed by atoms with E-state index in [-0.39, 0.29) is 5.82 Å². The molecule has 7 heteroatoms. The van der Waals surface area contributed by atoms with Crippen LogP contribution in [-0.4, -0.2) is 10.8 Å². The maximum Gasteiger partial charge on any atom is 0.156 e. The van der Waals surface area contributed by atoms with Crippen molar-refractivity contribution in [1.82, 2.24) is 4.98 Å². The number of benzene rings is 1. The Balaban J connectivity index is 2.57. The van der Waals surface area contributed by atoms with Gasteiger partial charge in [0.15, 0.2) is 5.82 Å². The van der Waals surface area contributed by atoms with Gasteiger partial charge in [0.05, 0.1) is 15.9 Å². The predicted molar refractivity (Wildman–Crippen MR) is 86.1 cm³/mol. The van der Waals surface area contributed by atoms with E-state index in [2.05, 4.69) is 9.98 Å². The van der Waals surface area contributed by atoms with Gasteiger partial charge >= 0.3 is 0 Å². The molecule has 0 aliphatic rings. The summed E-state index contributed by atoms with van der Waals surface area (Å²) in [6, 6.07) is 6.68. The summed E-state index contributed by atoms with van der Waals surface area (Å²) < 4.78 is 0. The van der Waals surface area contributed by atoms with Crippen LogP contribution in [-0.2, 0) is 0 Å². The molecule has 0 amide bonds. The van der Waals surface area contributed by atoms with E-state index in [4.69, 9.17) is 46.3 Å². The van der Waals surface area contributed by atoms with Crippen LogP contribution < -0.4 is 11.5 Å². The number of pyridine rings is 1. The molecule has 4 N–H and O–H groups in total. The lowest BCUT2D eigenvalue weighted by Crippen LogP contribution is -2.04. The van der Waals surface area contributed by atoms with E-state index < -0.39 is 0 Å². The number of hydrogen-bond donors (Lipinski definition) is 2. The third-order valence-corrected chi connectivity index (χ3v) is 3.50. The molecule has 0 saturated carbocycles. The molecule has 2 rings (SSSR count). The molecule has 1 aromatic heterocycles. The van der Waals surface area contributed by atoms with Gasteiger partial charge < -0.3 is 11.5 Å². The van der Waals surface area contributed by atoms with Gasteiger partial charge in [0.1, 0.15) is 5.82 Å². The Morgan fingerprint density at radius 2 is 1.85 bits per heavy atom. The summed E-state index contributed by atoms with van der Waals surface area (Å²) >= 11 is 18.2. The second-order valence-corrected chi connectivity index (χ2v) is 5.33. The number of nitrogens with zero attached hydrogens (tertiary/aromatic N) is 2. The summed E-state index contributed by atoms with van der Waals surface area (Å²) in [5.74, 6) is 1.09. The van der Waals surface area contributed by atoms with Crippen molar-refractivity contribution in [2.75, 3.05) is 5.73 Å².